The summed E-state index contributed by atoms with van der Waals surface area (Å²) in [6, 6.07) is 21.2. The molecule has 40 heavy (non-hydrogen) atoms. The van der Waals surface area contributed by atoms with Crippen LogP contribution < -0.4 is 14.2 Å². The molecule has 0 spiro atoms. The van der Waals surface area contributed by atoms with Gasteiger partial charge >= 0.3 is 0 Å². The summed E-state index contributed by atoms with van der Waals surface area (Å²) >= 11 is 0. The summed E-state index contributed by atoms with van der Waals surface area (Å²) < 4.78 is 18.4. The standard InChI is InChI=1S/C33H39NO6/c1-21-13-14-34(17-21)22(2)19-38-28-10-7-24(8-11-28)33-32(23(3)30-16-26(36)9-12-31(30)40-33)25-5-4-6-29(15-25)39-20-27(37)18-35/h4-12,15-16,21-22,27,33,35-37H,13-14,17-20H2,1-3H3. The van der Waals surface area contributed by atoms with Crippen molar-refractivity contribution in [3.8, 4) is 23.0 Å². The van der Waals surface area contributed by atoms with E-state index in [9.17, 15) is 10.2 Å². The maximum atomic E-state index is 10.2. The van der Waals surface area contributed by atoms with Gasteiger partial charge in [0.25, 0.3) is 0 Å². The summed E-state index contributed by atoms with van der Waals surface area (Å²) in [4.78, 5) is 2.49. The van der Waals surface area contributed by atoms with Gasteiger partial charge in [0.2, 0.25) is 0 Å². The highest BCUT2D eigenvalue weighted by atomic mass is 16.5. The van der Waals surface area contributed by atoms with E-state index >= 15 is 0 Å². The summed E-state index contributed by atoms with van der Waals surface area (Å²) in [6.45, 7) is 9.09. The number of benzene rings is 3. The summed E-state index contributed by atoms with van der Waals surface area (Å²) in [5.41, 5.74) is 4.66. The molecule has 0 aliphatic carbocycles. The van der Waals surface area contributed by atoms with Gasteiger partial charge in [-0.3, -0.25) is 4.90 Å². The number of allylic oxidation sites excluding steroid dienone is 1. The molecule has 3 aromatic carbocycles. The maximum Gasteiger partial charge on any atom is 0.150 e. The largest absolute Gasteiger partial charge is 0.508 e. The van der Waals surface area contributed by atoms with Crippen LogP contribution >= 0.6 is 0 Å². The normalized spacial score (nSPS) is 20.5. The van der Waals surface area contributed by atoms with E-state index in [0.717, 1.165) is 52.6 Å². The SMILES string of the molecule is CC1=C(c2cccc(OCC(O)CO)c2)C(c2ccc(OCC(C)N3CCC(C)C3)cc2)Oc2ccc(O)cc21. The Morgan fingerprint density at radius 2 is 1.77 bits per heavy atom. The number of hydrogen-bond acceptors (Lipinski definition) is 7. The first-order valence-electron chi connectivity index (χ1n) is 14.0. The fourth-order valence-corrected chi connectivity index (χ4v) is 5.47. The van der Waals surface area contributed by atoms with Gasteiger partial charge in [0.05, 0.1) is 6.61 Å². The first kappa shape index (κ1) is 28.0. The third kappa shape index (κ3) is 6.28. The molecule has 2 heterocycles. The average molecular weight is 546 g/mol. The molecule has 5 rings (SSSR count). The van der Waals surface area contributed by atoms with E-state index in [1.807, 2.05) is 55.5 Å². The third-order valence-corrected chi connectivity index (χ3v) is 7.83. The number of aliphatic hydroxyl groups excluding tert-OH is 2. The van der Waals surface area contributed by atoms with Crippen LogP contribution in [0.25, 0.3) is 11.1 Å². The highest BCUT2D eigenvalue weighted by Gasteiger charge is 2.30. The molecule has 1 saturated heterocycles. The average Bonchev–Trinajstić information content (AvgIpc) is 3.41. The molecule has 4 atom stereocenters. The first-order valence-corrected chi connectivity index (χ1v) is 14.0. The van der Waals surface area contributed by atoms with E-state index in [1.165, 1.54) is 6.42 Å². The molecule has 0 saturated carbocycles. The molecule has 4 unspecified atom stereocenters. The summed E-state index contributed by atoms with van der Waals surface area (Å²) in [5.74, 6) is 3.03. The Balaban J connectivity index is 1.40. The fraction of sp³-hybridized carbons (Fsp3) is 0.394. The summed E-state index contributed by atoms with van der Waals surface area (Å²) in [6.07, 6.45) is -0.0970. The van der Waals surface area contributed by atoms with Gasteiger partial charge in [-0.25, -0.2) is 0 Å². The van der Waals surface area contributed by atoms with Crippen LogP contribution in [0, 0.1) is 5.92 Å². The van der Waals surface area contributed by atoms with Crippen LogP contribution in [0.2, 0.25) is 0 Å². The van der Waals surface area contributed by atoms with Gasteiger partial charge in [0, 0.05) is 23.7 Å². The highest BCUT2D eigenvalue weighted by Crippen LogP contribution is 2.47. The van der Waals surface area contributed by atoms with Gasteiger partial charge < -0.3 is 29.5 Å². The monoisotopic (exact) mass is 545 g/mol. The Kier molecular flexibility index (Phi) is 8.64. The number of ether oxygens (including phenoxy) is 3. The lowest BCUT2D eigenvalue weighted by Gasteiger charge is -2.31. The van der Waals surface area contributed by atoms with E-state index in [2.05, 4.69) is 18.7 Å². The van der Waals surface area contributed by atoms with Crippen molar-refractivity contribution in [2.75, 3.05) is 32.9 Å². The van der Waals surface area contributed by atoms with Crippen molar-refractivity contribution in [1.82, 2.24) is 4.90 Å². The van der Waals surface area contributed by atoms with Crippen molar-refractivity contribution in [2.45, 2.75) is 45.4 Å². The zero-order chi connectivity index (χ0) is 28.2. The van der Waals surface area contributed by atoms with Crippen molar-refractivity contribution in [3.63, 3.8) is 0 Å². The minimum absolute atomic E-state index is 0.00845. The van der Waals surface area contributed by atoms with E-state index in [-0.39, 0.29) is 19.0 Å². The van der Waals surface area contributed by atoms with Crippen LogP contribution in [-0.2, 0) is 0 Å². The fourth-order valence-electron chi connectivity index (χ4n) is 5.47. The zero-order valence-electron chi connectivity index (χ0n) is 23.4. The van der Waals surface area contributed by atoms with Crippen LogP contribution in [0.5, 0.6) is 23.0 Å². The van der Waals surface area contributed by atoms with Crippen LogP contribution in [-0.4, -0.2) is 65.3 Å². The smallest absolute Gasteiger partial charge is 0.150 e. The molecule has 3 N–H and O–H groups in total. The van der Waals surface area contributed by atoms with Crippen molar-refractivity contribution in [1.29, 1.82) is 0 Å². The van der Waals surface area contributed by atoms with Crippen molar-refractivity contribution in [3.05, 3.63) is 83.4 Å². The lowest BCUT2D eigenvalue weighted by atomic mass is 9.86. The van der Waals surface area contributed by atoms with Crippen LogP contribution in [0.1, 0.15) is 50.0 Å². The van der Waals surface area contributed by atoms with Gasteiger partial charge in [-0.2, -0.15) is 0 Å². The first-order chi connectivity index (χ1) is 19.3. The number of aliphatic hydroxyl groups is 2. The molecule has 7 heteroatoms. The molecule has 0 aromatic heterocycles. The Labute approximate surface area is 236 Å². The number of aromatic hydroxyl groups is 1. The molecular weight excluding hydrogens is 506 g/mol. The number of rotatable bonds is 10. The minimum atomic E-state index is -0.951. The molecule has 7 nitrogen and oxygen atoms in total. The number of likely N-dealkylation sites (tertiary alicyclic amines) is 1. The zero-order valence-corrected chi connectivity index (χ0v) is 23.4. The second-order valence-electron chi connectivity index (χ2n) is 11.0. The molecule has 1 fully saturated rings. The van der Waals surface area contributed by atoms with Crippen molar-refractivity contribution in [2.24, 2.45) is 5.92 Å². The second kappa shape index (κ2) is 12.3. The van der Waals surface area contributed by atoms with Crippen LogP contribution in [0.3, 0.4) is 0 Å². The number of nitrogens with zero attached hydrogens (tertiary/aromatic N) is 1. The number of fused-ring (bicyclic) bond motifs is 1. The van der Waals surface area contributed by atoms with E-state index in [0.29, 0.717) is 24.1 Å². The third-order valence-electron chi connectivity index (χ3n) is 7.83. The molecule has 0 radical (unpaired) electrons. The minimum Gasteiger partial charge on any atom is -0.508 e. The molecular formula is C33H39NO6. The predicted molar refractivity (Wildman–Crippen MR) is 156 cm³/mol. The van der Waals surface area contributed by atoms with E-state index < -0.39 is 12.2 Å². The molecule has 212 valence electrons. The van der Waals surface area contributed by atoms with Crippen LogP contribution in [0.4, 0.5) is 0 Å². The quantitative estimate of drug-likeness (QED) is 0.319. The second-order valence-corrected chi connectivity index (χ2v) is 11.0. The van der Waals surface area contributed by atoms with Gasteiger partial charge in [0.1, 0.15) is 48.4 Å². The number of hydrogen-bond donors (Lipinski definition) is 3. The Hall–Kier alpha value is -3.52. The molecule has 3 aromatic rings. The molecule has 0 bridgehead atoms. The summed E-state index contributed by atoms with van der Waals surface area (Å²) in [5, 5.41) is 29.0. The Bertz CT molecular complexity index is 1340. The van der Waals surface area contributed by atoms with Crippen molar-refractivity contribution < 1.29 is 29.5 Å². The maximum absolute atomic E-state index is 10.2. The molecule has 0 amide bonds. The number of phenolic OH excluding ortho intramolecular Hbond substituents is 1. The van der Waals surface area contributed by atoms with Gasteiger partial charge in [-0.15, -0.1) is 0 Å². The molecule has 2 aliphatic rings. The highest BCUT2D eigenvalue weighted by molar-refractivity contribution is 5.95. The van der Waals surface area contributed by atoms with E-state index in [1.54, 1.807) is 18.2 Å². The van der Waals surface area contributed by atoms with Crippen molar-refractivity contribution >= 4 is 11.1 Å². The van der Waals surface area contributed by atoms with Gasteiger partial charge in [0.15, 0.2) is 0 Å². The molecule has 2 aliphatic heterocycles. The lowest BCUT2D eigenvalue weighted by molar-refractivity contribution is 0.0536. The van der Waals surface area contributed by atoms with Crippen LogP contribution in [0.15, 0.2) is 66.7 Å². The Morgan fingerprint density at radius 3 is 2.50 bits per heavy atom. The number of phenols is 1. The predicted octanol–water partition coefficient (Wildman–Crippen LogP) is 5.30. The Morgan fingerprint density at radius 1 is 1.00 bits per heavy atom. The van der Waals surface area contributed by atoms with Gasteiger partial charge in [-0.1, -0.05) is 31.2 Å². The summed E-state index contributed by atoms with van der Waals surface area (Å²) in [7, 11) is 0. The van der Waals surface area contributed by atoms with Gasteiger partial charge in [-0.05, 0) is 91.9 Å². The lowest BCUT2D eigenvalue weighted by Crippen LogP contribution is -2.35. The topological polar surface area (TPSA) is 91.6 Å². The van der Waals surface area contributed by atoms with E-state index in [4.69, 9.17) is 19.3 Å².